The molecular weight excluding hydrogens is 608 g/mol. The first-order valence-electron chi connectivity index (χ1n) is 6.77. The van der Waals surface area contributed by atoms with Crippen LogP contribution in [-0.4, -0.2) is 36.8 Å². The summed E-state index contributed by atoms with van der Waals surface area (Å²) < 4.78 is 3.12. The van der Waals surface area contributed by atoms with Crippen molar-refractivity contribution in [2.45, 2.75) is 42.5 Å². The summed E-state index contributed by atoms with van der Waals surface area (Å²) in [6, 6.07) is 0. The molecule has 2 aliphatic rings. The fraction of sp³-hybridized carbons (Fsp3) is 0.500. The number of allylic oxidation sites excluding steroid dienone is 8. The fourth-order valence-electron chi connectivity index (χ4n) is 1.84. The molecule has 2 rings (SSSR count). The van der Waals surface area contributed by atoms with E-state index in [9.17, 15) is 0 Å². The van der Waals surface area contributed by atoms with Crippen molar-refractivity contribution in [1.82, 2.24) is 0 Å². The maximum absolute atomic E-state index is 3.40. The molecule has 0 spiro atoms. The molecule has 0 saturated heterocycles. The summed E-state index contributed by atoms with van der Waals surface area (Å²) in [5.74, 6) is 0. The molecule has 0 atom stereocenters. The van der Waals surface area contributed by atoms with Crippen LogP contribution < -0.4 is 0 Å². The van der Waals surface area contributed by atoms with Crippen molar-refractivity contribution in [3.05, 3.63) is 43.6 Å². The van der Waals surface area contributed by atoms with Crippen LogP contribution in [0.4, 0.5) is 0 Å². The first kappa shape index (κ1) is 20.4. The van der Waals surface area contributed by atoms with Crippen molar-refractivity contribution >= 4 is 36.8 Å². The third-order valence-electron chi connectivity index (χ3n) is 3.01. The monoisotopic (exact) mass is 640 g/mol. The molecule has 3 heteroatoms. The maximum atomic E-state index is 3.40. The Morgan fingerprint density at radius 1 is 0.789 bits per heavy atom. The van der Waals surface area contributed by atoms with Crippen LogP contribution in [-0.2, 0) is 25.8 Å². The van der Waals surface area contributed by atoms with Crippen molar-refractivity contribution in [1.29, 1.82) is 0 Å². The van der Waals surface area contributed by atoms with Gasteiger partial charge in [-0.1, -0.05) is 0 Å². The second-order valence-corrected chi connectivity index (χ2v) is 35.7. The van der Waals surface area contributed by atoms with Gasteiger partial charge in [0.05, 0.1) is 0 Å². The molecule has 0 aromatic carbocycles. The van der Waals surface area contributed by atoms with E-state index < -0.39 is 36.8 Å². The maximum Gasteiger partial charge on any atom is 4.00 e. The summed E-state index contributed by atoms with van der Waals surface area (Å²) in [4.78, 5) is 14.5. The minimum Gasteiger partial charge on any atom is -1.00 e. The summed E-state index contributed by atoms with van der Waals surface area (Å²) in [6.07, 6.45) is 17.8. The van der Waals surface area contributed by atoms with Crippen molar-refractivity contribution in [3.8, 4) is 0 Å². The van der Waals surface area contributed by atoms with Gasteiger partial charge < -0.3 is 2.85 Å². The van der Waals surface area contributed by atoms with E-state index in [4.69, 9.17) is 0 Å². The molecule has 0 aromatic heterocycles. The summed E-state index contributed by atoms with van der Waals surface area (Å²) in [5, 5.41) is 0. The quantitative estimate of drug-likeness (QED) is 0.284. The number of hydrogen-bond acceptors (Lipinski definition) is 0. The SMILES string of the molecule is [CH3][Sn]([CH3])([CH3])[C]1=[C-]CC=C1.[CH3][Sn]([CH3])([CH3])[C]1=[C-]CC=C1.[H-].[H-].[Hf+4]. The third-order valence-corrected chi connectivity index (χ3v) is 14.2. The minimum absolute atomic E-state index is 0. The van der Waals surface area contributed by atoms with Crippen molar-refractivity contribution in [2.75, 3.05) is 0 Å². The second kappa shape index (κ2) is 8.77. The molecule has 104 valence electrons. The predicted molar refractivity (Wildman–Crippen MR) is 89.9 cm³/mol. The van der Waals surface area contributed by atoms with Crippen LogP contribution in [0.1, 0.15) is 15.7 Å². The van der Waals surface area contributed by atoms with Gasteiger partial charge in [0.15, 0.2) is 0 Å². The Balaban J connectivity index is -0.000000270. The summed E-state index contributed by atoms with van der Waals surface area (Å²) >= 11 is -3.35. The van der Waals surface area contributed by atoms with Crippen LogP contribution in [0.15, 0.2) is 31.5 Å². The zero-order valence-electron chi connectivity index (χ0n) is 15.2. The van der Waals surface area contributed by atoms with Crippen molar-refractivity contribution in [2.24, 2.45) is 0 Å². The zero-order chi connectivity index (χ0) is 13.8. The number of rotatable bonds is 2. The molecule has 19 heavy (non-hydrogen) atoms. The van der Waals surface area contributed by atoms with E-state index >= 15 is 0 Å². The minimum atomic E-state index is -1.67. The van der Waals surface area contributed by atoms with Crippen LogP contribution >= 0.6 is 0 Å². The Bertz CT molecular complexity index is 371. The normalized spacial score (nSPS) is 17.4. The van der Waals surface area contributed by atoms with Crippen LogP contribution in [0.2, 0.25) is 29.6 Å². The summed E-state index contributed by atoms with van der Waals surface area (Å²) in [7, 11) is 0. The van der Waals surface area contributed by atoms with E-state index in [1.807, 2.05) is 0 Å². The smallest absolute Gasteiger partial charge is 1.00 e. The van der Waals surface area contributed by atoms with Gasteiger partial charge in [-0.05, 0) is 0 Å². The molecule has 0 aliphatic heterocycles. The van der Waals surface area contributed by atoms with Gasteiger partial charge in [0.2, 0.25) is 0 Å². The largest absolute Gasteiger partial charge is 4.00 e. The second-order valence-electron chi connectivity index (χ2n) is 6.89. The molecule has 0 amide bonds. The van der Waals surface area contributed by atoms with E-state index in [1.165, 1.54) is 0 Å². The van der Waals surface area contributed by atoms with E-state index in [2.05, 4.69) is 66.1 Å². The molecule has 2 aliphatic carbocycles. The summed E-state index contributed by atoms with van der Waals surface area (Å²) in [6.45, 7) is 0. The van der Waals surface area contributed by atoms with Gasteiger partial charge in [-0.2, -0.15) is 0 Å². The summed E-state index contributed by atoms with van der Waals surface area (Å²) in [5.41, 5.74) is 0. The van der Waals surface area contributed by atoms with Gasteiger partial charge in [-0.15, -0.1) is 0 Å². The van der Waals surface area contributed by atoms with Gasteiger partial charge in [0.1, 0.15) is 0 Å². The van der Waals surface area contributed by atoms with Crippen LogP contribution in [0.25, 0.3) is 0 Å². The zero-order valence-corrected chi connectivity index (χ0v) is 22.5. The van der Waals surface area contributed by atoms with Crippen LogP contribution in [0, 0.1) is 12.2 Å². The third kappa shape index (κ3) is 7.84. The van der Waals surface area contributed by atoms with Gasteiger partial charge in [0.25, 0.3) is 0 Å². The molecule has 0 nitrogen and oxygen atoms in total. The van der Waals surface area contributed by atoms with E-state index in [-0.39, 0.29) is 28.7 Å². The molecule has 0 unspecified atom stereocenters. The van der Waals surface area contributed by atoms with Gasteiger partial charge in [0, 0.05) is 0 Å². The van der Waals surface area contributed by atoms with E-state index in [1.54, 1.807) is 7.18 Å². The molecule has 0 aromatic rings. The van der Waals surface area contributed by atoms with Crippen molar-refractivity contribution < 1.29 is 28.7 Å². The number of hydrogen-bond donors (Lipinski definition) is 0. The Morgan fingerprint density at radius 3 is 1.21 bits per heavy atom. The van der Waals surface area contributed by atoms with Gasteiger partial charge >= 0.3 is 149 Å². The van der Waals surface area contributed by atoms with Crippen LogP contribution in [0.5, 0.6) is 0 Å². The topological polar surface area (TPSA) is 0 Å². The standard InChI is InChI=1S/2C5H4.6CH3.Hf.2Sn.2H/c2*1-2-4-5-3-1;;;;;;;;;;;/h2*1-2H,3H2;6*1H3;;;;;/q2*-1;;;;;;;+4;;;2*-1. The average molecular weight is 636 g/mol. The molecular formula is C16H28HfSn2. The Morgan fingerprint density at radius 2 is 1.11 bits per heavy atom. The molecule has 0 N–H and O–H groups in total. The van der Waals surface area contributed by atoms with Gasteiger partial charge in [-0.3, -0.25) is 0 Å². The first-order chi connectivity index (χ1) is 8.21. The van der Waals surface area contributed by atoms with Gasteiger partial charge in [-0.25, -0.2) is 0 Å². The molecule has 0 fully saturated rings. The fourth-order valence-corrected chi connectivity index (χ4v) is 8.98. The molecule has 0 bridgehead atoms. The average Bonchev–Trinajstić information content (AvgIpc) is 2.91. The van der Waals surface area contributed by atoms with E-state index in [0.29, 0.717) is 0 Å². The Hall–Kier alpha value is 1.43. The van der Waals surface area contributed by atoms with E-state index in [0.717, 1.165) is 12.8 Å². The Kier molecular flexibility index (Phi) is 9.43. The molecule has 0 saturated carbocycles. The molecule has 0 radical (unpaired) electrons. The van der Waals surface area contributed by atoms with Crippen LogP contribution in [0.3, 0.4) is 0 Å². The first-order valence-corrected chi connectivity index (χ1v) is 26.7. The predicted octanol–water partition coefficient (Wildman–Crippen LogP) is 5.33. The molecule has 0 heterocycles. The van der Waals surface area contributed by atoms with Crippen molar-refractivity contribution in [3.63, 3.8) is 0 Å². The Labute approximate surface area is 150 Å².